The van der Waals surface area contributed by atoms with Crippen molar-refractivity contribution < 1.29 is 32.3 Å². The van der Waals surface area contributed by atoms with Crippen molar-refractivity contribution in [1.29, 1.82) is 0 Å². The molecular formula is C19H14F3NO4. The van der Waals surface area contributed by atoms with Crippen molar-refractivity contribution in [2.24, 2.45) is 0 Å². The molecule has 1 heterocycles. The van der Waals surface area contributed by atoms with Gasteiger partial charge in [0.2, 0.25) is 0 Å². The van der Waals surface area contributed by atoms with Gasteiger partial charge in [-0.05, 0) is 30.2 Å². The first kappa shape index (κ1) is 18.6. The van der Waals surface area contributed by atoms with Gasteiger partial charge in [-0.2, -0.15) is 0 Å². The van der Waals surface area contributed by atoms with Crippen LogP contribution in [0.2, 0.25) is 0 Å². The predicted octanol–water partition coefficient (Wildman–Crippen LogP) is 2.87. The van der Waals surface area contributed by atoms with Crippen LogP contribution in [0.25, 0.3) is 0 Å². The quantitative estimate of drug-likeness (QED) is 0.457. The highest BCUT2D eigenvalue weighted by Gasteiger charge is 2.40. The standard InChI is InChI=1S/C19H14F3NO4/c1-27-17(24)8-11(6-10-7-15(21)16(22)9-14(10)20)23-18(25)12-4-2-3-5-13(12)19(23)26/h2-5,7,9,11H,6,8H2,1H3. The van der Waals surface area contributed by atoms with Crippen LogP contribution in [0.5, 0.6) is 0 Å². The second kappa shape index (κ2) is 7.22. The van der Waals surface area contributed by atoms with Crippen LogP contribution < -0.4 is 0 Å². The summed E-state index contributed by atoms with van der Waals surface area (Å²) in [4.78, 5) is 37.9. The molecule has 0 saturated carbocycles. The molecule has 0 spiro atoms. The molecule has 1 atom stereocenters. The van der Waals surface area contributed by atoms with Gasteiger partial charge in [-0.1, -0.05) is 12.1 Å². The van der Waals surface area contributed by atoms with Gasteiger partial charge in [-0.25, -0.2) is 13.2 Å². The number of rotatable bonds is 5. The summed E-state index contributed by atoms with van der Waals surface area (Å²) in [5.74, 6) is -5.70. The monoisotopic (exact) mass is 377 g/mol. The molecule has 0 saturated heterocycles. The molecule has 0 aliphatic carbocycles. The Labute approximate surface area is 152 Å². The van der Waals surface area contributed by atoms with Gasteiger partial charge < -0.3 is 4.74 Å². The molecule has 0 fully saturated rings. The fraction of sp³-hybridized carbons (Fsp3) is 0.211. The highest BCUT2D eigenvalue weighted by Crippen LogP contribution is 2.28. The van der Waals surface area contributed by atoms with Crippen molar-refractivity contribution in [1.82, 2.24) is 4.90 Å². The number of nitrogens with zero attached hydrogens (tertiary/aromatic N) is 1. The number of imide groups is 1. The largest absolute Gasteiger partial charge is 0.469 e. The Balaban J connectivity index is 1.98. The lowest BCUT2D eigenvalue weighted by atomic mass is 10.0. The van der Waals surface area contributed by atoms with Crippen molar-refractivity contribution in [2.45, 2.75) is 18.9 Å². The Morgan fingerprint density at radius 1 is 1.00 bits per heavy atom. The molecular weight excluding hydrogens is 363 g/mol. The van der Waals surface area contributed by atoms with Crippen molar-refractivity contribution >= 4 is 17.8 Å². The van der Waals surface area contributed by atoms with E-state index in [1.165, 1.54) is 12.1 Å². The van der Waals surface area contributed by atoms with Gasteiger partial charge >= 0.3 is 5.97 Å². The van der Waals surface area contributed by atoms with Crippen LogP contribution in [0.3, 0.4) is 0 Å². The molecule has 3 rings (SSSR count). The number of halogens is 3. The first-order valence-corrected chi connectivity index (χ1v) is 8.00. The topological polar surface area (TPSA) is 63.7 Å². The smallest absolute Gasteiger partial charge is 0.307 e. The number of carbonyl (C=O) groups is 3. The summed E-state index contributed by atoms with van der Waals surface area (Å²) in [5.41, 5.74) is 0.0469. The maximum Gasteiger partial charge on any atom is 0.307 e. The van der Waals surface area contributed by atoms with Crippen LogP contribution in [-0.2, 0) is 16.0 Å². The number of methoxy groups -OCH3 is 1. The van der Waals surface area contributed by atoms with E-state index in [1.54, 1.807) is 12.1 Å². The van der Waals surface area contributed by atoms with Crippen LogP contribution in [0.1, 0.15) is 32.7 Å². The zero-order valence-electron chi connectivity index (χ0n) is 14.2. The third kappa shape index (κ3) is 3.42. The zero-order valence-corrected chi connectivity index (χ0v) is 14.2. The van der Waals surface area contributed by atoms with E-state index in [-0.39, 0.29) is 23.1 Å². The molecule has 5 nitrogen and oxygen atoms in total. The number of fused-ring (bicyclic) bond motifs is 1. The Bertz CT molecular complexity index is 910. The predicted molar refractivity (Wildman–Crippen MR) is 87.4 cm³/mol. The SMILES string of the molecule is COC(=O)CC(Cc1cc(F)c(F)cc1F)N1C(=O)c2ccccc2C1=O. The van der Waals surface area contributed by atoms with Crippen molar-refractivity contribution in [3.05, 3.63) is 70.5 Å². The number of carbonyl (C=O) groups excluding carboxylic acids is 3. The van der Waals surface area contributed by atoms with Crippen LogP contribution in [0.4, 0.5) is 13.2 Å². The Hall–Kier alpha value is -3.16. The van der Waals surface area contributed by atoms with Crippen LogP contribution in [0.15, 0.2) is 36.4 Å². The van der Waals surface area contributed by atoms with E-state index in [1.807, 2.05) is 0 Å². The van der Waals surface area contributed by atoms with Crippen LogP contribution >= 0.6 is 0 Å². The highest BCUT2D eigenvalue weighted by molar-refractivity contribution is 6.21. The van der Waals surface area contributed by atoms with E-state index in [9.17, 15) is 27.6 Å². The molecule has 1 aliphatic rings. The normalized spacial score (nSPS) is 14.3. The summed E-state index contributed by atoms with van der Waals surface area (Å²) in [6, 6.07) is 5.99. The Morgan fingerprint density at radius 3 is 2.11 bits per heavy atom. The second-order valence-corrected chi connectivity index (χ2v) is 6.02. The minimum absolute atomic E-state index is 0.156. The third-order valence-corrected chi connectivity index (χ3v) is 4.37. The molecule has 8 heteroatoms. The number of hydrogen-bond acceptors (Lipinski definition) is 4. The Kier molecular flexibility index (Phi) is 4.98. The highest BCUT2D eigenvalue weighted by atomic mass is 19.2. The maximum atomic E-state index is 14.0. The third-order valence-electron chi connectivity index (χ3n) is 4.37. The molecule has 2 amide bonds. The van der Waals surface area contributed by atoms with Gasteiger partial charge in [0.1, 0.15) is 5.82 Å². The lowest BCUT2D eigenvalue weighted by Crippen LogP contribution is -2.42. The van der Waals surface area contributed by atoms with Gasteiger partial charge in [0, 0.05) is 6.07 Å². The lowest BCUT2D eigenvalue weighted by molar-refractivity contribution is -0.141. The molecule has 2 aromatic carbocycles. The number of hydrogen-bond donors (Lipinski definition) is 0. The molecule has 0 N–H and O–H groups in total. The van der Waals surface area contributed by atoms with Gasteiger partial charge in [0.05, 0.1) is 30.7 Å². The summed E-state index contributed by atoms with van der Waals surface area (Å²) in [5, 5.41) is 0. The summed E-state index contributed by atoms with van der Waals surface area (Å²) < 4.78 is 45.3. The van der Waals surface area contributed by atoms with E-state index >= 15 is 0 Å². The van der Waals surface area contributed by atoms with Gasteiger partial charge in [-0.15, -0.1) is 0 Å². The summed E-state index contributed by atoms with van der Waals surface area (Å²) in [6.07, 6.45) is -0.788. The van der Waals surface area contributed by atoms with E-state index < -0.39 is 47.7 Å². The second-order valence-electron chi connectivity index (χ2n) is 6.02. The van der Waals surface area contributed by atoms with Gasteiger partial charge in [0.15, 0.2) is 11.6 Å². The molecule has 0 radical (unpaired) electrons. The summed E-state index contributed by atoms with van der Waals surface area (Å²) >= 11 is 0. The van der Waals surface area contributed by atoms with E-state index in [0.717, 1.165) is 12.0 Å². The number of esters is 1. The minimum atomic E-state index is -1.36. The van der Waals surface area contributed by atoms with Gasteiger partial charge in [0.25, 0.3) is 11.8 Å². The molecule has 2 aromatic rings. The van der Waals surface area contributed by atoms with Crippen molar-refractivity contribution in [3.8, 4) is 0 Å². The summed E-state index contributed by atoms with van der Waals surface area (Å²) in [6.45, 7) is 0. The number of ether oxygens (including phenoxy) is 1. The average molecular weight is 377 g/mol. The molecule has 140 valence electrons. The molecule has 0 bridgehead atoms. The van der Waals surface area contributed by atoms with E-state index in [0.29, 0.717) is 12.1 Å². The van der Waals surface area contributed by atoms with Gasteiger partial charge in [-0.3, -0.25) is 19.3 Å². The Morgan fingerprint density at radius 2 is 1.56 bits per heavy atom. The molecule has 27 heavy (non-hydrogen) atoms. The van der Waals surface area contributed by atoms with E-state index in [2.05, 4.69) is 4.74 Å². The average Bonchev–Trinajstić information content (AvgIpc) is 2.90. The van der Waals surface area contributed by atoms with E-state index in [4.69, 9.17) is 0 Å². The fourth-order valence-electron chi connectivity index (χ4n) is 3.04. The number of amides is 2. The summed E-state index contributed by atoms with van der Waals surface area (Å²) in [7, 11) is 1.12. The first-order chi connectivity index (χ1) is 12.8. The van der Waals surface area contributed by atoms with Crippen molar-refractivity contribution in [3.63, 3.8) is 0 Å². The molecule has 1 aliphatic heterocycles. The first-order valence-electron chi connectivity index (χ1n) is 8.00. The zero-order chi connectivity index (χ0) is 19.7. The lowest BCUT2D eigenvalue weighted by Gasteiger charge is -2.25. The molecule has 1 unspecified atom stereocenters. The fourth-order valence-corrected chi connectivity index (χ4v) is 3.04. The maximum absolute atomic E-state index is 14.0. The van der Waals surface area contributed by atoms with Crippen LogP contribution in [0, 0.1) is 17.5 Å². The van der Waals surface area contributed by atoms with Crippen molar-refractivity contribution in [2.75, 3.05) is 7.11 Å². The van der Waals surface area contributed by atoms with Crippen LogP contribution in [-0.4, -0.2) is 35.8 Å². The minimum Gasteiger partial charge on any atom is -0.469 e. The molecule has 0 aromatic heterocycles. The number of benzene rings is 2.